The lowest BCUT2D eigenvalue weighted by molar-refractivity contribution is -0.146. The zero-order valence-electron chi connectivity index (χ0n) is 18.0. The minimum atomic E-state index is -0.609. The van der Waals surface area contributed by atoms with E-state index < -0.39 is 11.8 Å². The number of pyridine rings is 1. The maximum Gasteiger partial charge on any atom is 0.315 e. The molecule has 1 aromatic carbocycles. The molecule has 1 aliphatic carbocycles. The SMILES string of the molecule is CCOC(=O)C1C(C)=NC2=C(C(=O)C[C@H](c3ccc(OC)cc3)C2)[C@@H]1c1ccncc1. The number of nitrogens with zero attached hydrogens (tertiary/aromatic N) is 2. The number of ketones is 1. The van der Waals surface area contributed by atoms with Gasteiger partial charge in [0.2, 0.25) is 0 Å². The highest BCUT2D eigenvalue weighted by Crippen LogP contribution is 2.46. The molecule has 160 valence electrons. The highest BCUT2D eigenvalue weighted by Gasteiger charge is 2.44. The van der Waals surface area contributed by atoms with Crippen LogP contribution in [0.4, 0.5) is 0 Å². The number of Topliss-reactive ketones (excluding diaryl/α,β-unsaturated/α-hetero) is 1. The van der Waals surface area contributed by atoms with Gasteiger partial charge in [0.15, 0.2) is 5.78 Å². The zero-order chi connectivity index (χ0) is 22.0. The summed E-state index contributed by atoms with van der Waals surface area (Å²) in [5, 5.41) is 0. The number of ether oxygens (including phenoxy) is 2. The highest BCUT2D eigenvalue weighted by atomic mass is 16.5. The number of aliphatic imine (C=N–C) groups is 1. The van der Waals surface area contributed by atoms with Gasteiger partial charge in [-0.15, -0.1) is 0 Å². The number of benzene rings is 1. The number of rotatable bonds is 5. The van der Waals surface area contributed by atoms with Crippen molar-refractivity contribution in [2.75, 3.05) is 13.7 Å². The summed E-state index contributed by atoms with van der Waals surface area (Å²) < 4.78 is 10.6. The average molecular weight is 418 g/mol. The van der Waals surface area contributed by atoms with E-state index in [9.17, 15) is 9.59 Å². The number of hydrogen-bond acceptors (Lipinski definition) is 6. The Kier molecular flexibility index (Phi) is 5.98. The van der Waals surface area contributed by atoms with Gasteiger partial charge in [-0.2, -0.15) is 0 Å². The molecular formula is C25H26N2O4. The van der Waals surface area contributed by atoms with Gasteiger partial charge in [-0.05, 0) is 61.6 Å². The van der Waals surface area contributed by atoms with Crippen molar-refractivity contribution in [2.45, 2.75) is 38.5 Å². The molecule has 3 atom stereocenters. The fourth-order valence-electron chi connectivity index (χ4n) is 4.64. The van der Waals surface area contributed by atoms with E-state index in [1.807, 2.05) is 43.3 Å². The van der Waals surface area contributed by atoms with Crippen molar-refractivity contribution in [3.63, 3.8) is 0 Å². The average Bonchev–Trinajstić information content (AvgIpc) is 2.78. The second-order valence-electron chi connectivity index (χ2n) is 7.90. The van der Waals surface area contributed by atoms with Gasteiger partial charge in [0.25, 0.3) is 0 Å². The van der Waals surface area contributed by atoms with E-state index in [0.717, 1.165) is 22.6 Å². The molecule has 6 heteroatoms. The Morgan fingerprint density at radius 2 is 1.77 bits per heavy atom. The normalized spacial score (nSPS) is 23.1. The molecule has 2 aromatic rings. The van der Waals surface area contributed by atoms with Crippen LogP contribution in [0.5, 0.6) is 5.75 Å². The largest absolute Gasteiger partial charge is 0.497 e. The van der Waals surface area contributed by atoms with Gasteiger partial charge in [-0.1, -0.05) is 12.1 Å². The molecule has 1 unspecified atom stereocenters. The molecule has 2 heterocycles. The van der Waals surface area contributed by atoms with E-state index in [0.29, 0.717) is 24.1 Å². The summed E-state index contributed by atoms with van der Waals surface area (Å²) in [5.41, 5.74) is 4.06. The minimum Gasteiger partial charge on any atom is -0.497 e. The van der Waals surface area contributed by atoms with Crippen LogP contribution < -0.4 is 4.74 Å². The number of hydrogen-bond donors (Lipinski definition) is 0. The standard InChI is InChI=1S/C25H26N2O4/c1-4-31-25(29)22-15(2)27-20-13-18(16-5-7-19(30-3)8-6-16)14-21(28)24(20)23(22)17-9-11-26-12-10-17/h5-12,18,22-23H,4,13-14H2,1-3H3/t18-,22?,23-/m1/s1. The molecule has 0 spiro atoms. The molecule has 0 N–H and O–H groups in total. The summed E-state index contributed by atoms with van der Waals surface area (Å²) in [6, 6.07) is 11.6. The molecule has 0 radical (unpaired) electrons. The van der Waals surface area contributed by atoms with Crippen LogP contribution in [0.1, 0.15) is 49.7 Å². The molecule has 0 amide bonds. The summed E-state index contributed by atoms with van der Waals surface area (Å²) in [6.07, 6.45) is 4.41. The first-order chi connectivity index (χ1) is 15.0. The number of aromatic nitrogens is 1. The van der Waals surface area contributed by atoms with Crippen molar-refractivity contribution in [1.29, 1.82) is 0 Å². The lowest BCUT2D eigenvalue weighted by Crippen LogP contribution is -2.38. The molecule has 1 aliphatic heterocycles. The molecule has 31 heavy (non-hydrogen) atoms. The van der Waals surface area contributed by atoms with Gasteiger partial charge in [0, 0.05) is 41.7 Å². The van der Waals surface area contributed by atoms with Gasteiger partial charge >= 0.3 is 5.97 Å². The number of esters is 1. The molecular weight excluding hydrogens is 392 g/mol. The van der Waals surface area contributed by atoms with Crippen molar-refractivity contribution in [3.8, 4) is 5.75 Å². The second-order valence-corrected chi connectivity index (χ2v) is 7.90. The maximum atomic E-state index is 13.4. The Labute approximate surface area is 182 Å². The fourth-order valence-corrected chi connectivity index (χ4v) is 4.64. The van der Waals surface area contributed by atoms with Crippen LogP contribution in [0.15, 0.2) is 65.1 Å². The first-order valence-electron chi connectivity index (χ1n) is 10.5. The Balaban J connectivity index is 1.75. The van der Waals surface area contributed by atoms with Crippen LogP contribution in [-0.2, 0) is 14.3 Å². The quantitative estimate of drug-likeness (QED) is 0.679. The Hall–Kier alpha value is -3.28. The lowest BCUT2D eigenvalue weighted by atomic mass is 9.69. The number of allylic oxidation sites excluding steroid dienone is 2. The minimum absolute atomic E-state index is 0.0365. The van der Waals surface area contributed by atoms with Gasteiger partial charge in [0.1, 0.15) is 11.7 Å². The highest BCUT2D eigenvalue weighted by molar-refractivity contribution is 6.09. The first kappa shape index (κ1) is 21.0. The molecule has 6 nitrogen and oxygen atoms in total. The summed E-state index contributed by atoms with van der Waals surface area (Å²) in [6.45, 7) is 3.91. The van der Waals surface area contributed by atoms with Crippen LogP contribution in [0.3, 0.4) is 0 Å². The third-order valence-corrected chi connectivity index (χ3v) is 6.08. The van der Waals surface area contributed by atoms with Gasteiger partial charge in [-0.25, -0.2) is 0 Å². The summed E-state index contributed by atoms with van der Waals surface area (Å²) in [7, 11) is 1.63. The van der Waals surface area contributed by atoms with Crippen molar-refractivity contribution in [3.05, 3.63) is 71.2 Å². The van der Waals surface area contributed by atoms with Crippen molar-refractivity contribution >= 4 is 17.5 Å². The Morgan fingerprint density at radius 3 is 2.42 bits per heavy atom. The summed E-state index contributed by atoms with van der Waals surface area (Å²) >= 11 is 0. The van der Waals surface area contributed by atoms with E-state index in [4.69, 9.17) is 14.5 Å². The summed E-state index contributed by atoms with van der Waals surface area (Å²) in [5.74, 6) is -0.489. The van der Waals surface area contributed by atoms with E-state index >= 15 is 0 Å². The predicted octanol–water partition coefficient (Wildman–Crippen LogP) is 4.23. The molecule has 0 saturated heterocycles. The maximum absolute atomic E-state index is 13.4. The number of methoxy groups -OCH3 is 1. The van der Waals surface area contributed by atoms with Gasteiger partial charge in [-0.3, -0.25) is 19.6 Å². The molecule has 4 rings (SSSR count). The molecule has 0 fully saturated rings. The van der Waals surface area contributed by atoms with E-state index in [-0.39, 0.29) is 24.3 Å². The van der Waals surface area contributed by atoms with Crippen molar-refractivity contribution < 1.29 is 19.1 Å². The Bertz CT molecular complexity index is 1040. The molecule has 2 aliphatic rings. The van der Waals surface area contributed by atoms with E-state index in [1.165, 1.54) is 0 Å². The predicted molar refractivity (Wildman–Crippen MR) is 117 cm³/mol. The van der Waals surface area contributed by atoms with E-state index in [1.54, 1.807) is 26.4 Å². The van der Waals surface area contributed by atoms with Gasteiger partial charge in [0.05, 0.1) is 13.7 Å². The van der Waals surface area contributed by atoms with Crippen molar-refractivity contribution in [2.24, 2.45) is 10.9 Å². The van der Waals surface area contributed by atoms with Gasteiger partial charge < -0.3 is 9.47 Å². The van der Waals surface area contributed by atoms with Crippen molar-refractivity contribution in [1.82, 2.24) is 4.98 Å². The molecule has 0 bridgehead atoms. The number of carbonyl (C=O) groups excluding carboxylic acids is 2. The third-order valence-electron chi connectivity index (χ3n) is 6.08. The lowest BCUT2D eigenvalue weighted by Gasteiger charge is -2.36. The van der Waals surface area contributed by atoms with Crippen LogP contribution in [0, 0.1) is 5.92 Å². The van der Waals surface area contributed by atoms with Crippen LogP contribution >= 0.6 is 0 Å². The number of carbonyl (C=O) groups is 2. The van der Waals surface area contributed by atoms with Crippen LogP contribution in [0.25, 0.3) is 0 Å². The molecule has 0 saturated carbocycles. The van der Waals surface area contributed by atoms with E-state index in [2.05, 4.69) is 4.98 Å². The smallest absolute Gasteiger partial charge is 0.315 e. The first-order valence-corrected chi connectivity index (χ1v) is 10.5. The van der Waals surface area contributed by atoms with Crippen LogP contribution in [-0.4, -0.2) is 36.2 Å². The third kappa shape index (κ3) is 4.02. The zero-order valence-corrected chi connectivity index (χ0v) is 18.0. The monoisotopic (exact) mass is 418 g/mol. The topological polar surface area (TPSA) is 77.8 Å². The summed E-state index contributed by atoms with van der Waals surface area (Å²) in [4.78, 5) is 35.1. The molecule has 1 aromatic heterocycles. The van der Waals surface area contributed by atoms with Crippen LogP contribution in [0.2, 0.25) is 0 Å². The fraction of sp³-hybridized carbons (Fsp3) is 0.360. The second kappa shape index (κ2) is 8.84. The Morgan fingerprint density at radius 1 is 1.06 bits per heavy atom.